The number of rotatable bonds is 3. The van der Waals surface area contributed by atoms with Gasteiger partial charge in [-0.25, -0.2) is 0 Å². The largest absolute Gasteiger partial charge is 0.348 e. The number of fused-ring (bicyclic) bond motifs is 1. The van der Waals surface area contributed by atoms with Crippen LogP contribution in [0.15, 0.2) is 36.5 Å². The van der Waals surface area contributed by atoms with Crippen LogP contribution in [0, 0.1) is 0 Å². The van der Waals surface area contributed by atoms with Crippen molar-refractivity contribution in [2.24, 2.45) is 0 Å². The molecule has 16 heavy (non-hydrogen) atoms. The fourth-order valence-corrected chi connectivity index (χ4v) is 1.41. The van der Waals surface area contributed by atoms with E-state index in [2.05, 4.69) is 22.1 Å². The Morgan fingerprint density at radius 2 is 2.38 bits per heavy atom. The molecule has 0 atom stereocenters. The van der Waals surface area contributed by atoms with Gasteiger partial charge in [-0.15, -0.1) is 0 Å². The fourth-order valence-electron chi connectivity index (χ4n) is 1.41. The number of aromatic amines is 1. The minimum Gasteiger partial charge on any atom is -0.348 e. The standard InChI is InChI=1S/C12H13N3O/c1-8(2)6-13-12(16)9-3-4-10-7-14-15-11(10)5-9/h3-5,7H,1,6H2,2H3,(H,13,16)(H,14,15). The van der Waals surface area contributed by atoms with E-state index in [9.17, 15) is 4.79 Å². The number of aromatic nitrogens is 2. The first-order chi connectivity index (χ1) is 7.66. The average Bonchev–Trinajstić information content (AvgIpc) is 2.72. The molecule has 0 aliphatic rings. The number of amides is 1. The summed E-state index contributed by atoms with van der Waals surface area (Å²) in [6.45, 7) is 6.10. The van der Waals surface area contributed by atoms with Gasteiger partial charge in [-0.1, -0.05) is 18.2 Å². The third kappa shape index (κ3) is 2.11. The van der Waals surface area contributed by atoms with E-state index in [0.717, 1.165) is 16.5 Å². The predicted molar refractivity (Wildman–Crippen MR) is 63.2 cm³/mol. The minimum absolute atomic E-state index is 0.0977. The fraction of sp³-hybridized carbons (Fsp3) is 0.167. The van der Waals surface area contributed by atoms with Crippen molar-refractivity contribution in [2.75, 3.05) is 6.54 Å². The molecule has 82 valence electrons. The molecule has 4 heteroatoms. The number of nitrogens with zero attached hydrogens (tertiary/aromatic N) is 1. The number of hydrogen-bond acceptors (Lipinski definition) is 2. The lowest BCUT2D eigenvalue weighted by atomic mass is 10.1. The van der Waals surface area contributed by atoms with Crippen LogP contribution < -0.4 is 5.32 Å². The molecule has 2 rings (SSSR count). The van der Waals surface area contributed by atoms with Crippen molar-refractivity contribution in [2.45, 2.75) is 6.92 Å². The van der Waals surface area contributed by atoms with Gasteiger partial charge in [0.15, 0.2) is 0 Å². The lowest BCUT2D eigenvalue weighted by molar-refractivity contribution is 0.0957. The van der Waals surface area contributed by atoms with Crippen LogP contribution in [-0.4, -0.2) is 22.6 Å². The van der Waals surface area contributed by atoms with E-state index in [-0.39, 0.29) is 5.91 Å². The van der Waals surface area contributed by atoms with E-state index in [4.69, 9.17) is 0 Å². The molecule has 0 spiro atoms. The second-order valence-corrected chi connectivity index (χ2v) is 3.81. The highest BCUT2D eigenvalue weighted by molar-refractivity contribution is 5.97. The van der Waals surface area contributed by atoms with Crippen LogP contribution in [0.3, 0.4) is 0 Å². The first-order valence-corrected chi connectivity index (χ1v) is 5.02. The Hall–Kier alpha value is -2.10. The van der Waals surface area contributed by atoms with Gasteiger partial charge in [0.25, 0.3) is 5.91 Å². The minimum atomic E-state index is -0.0977. The van der Waals surface area contributed by atoms with Gasteiger partial charge in [0.2, 0.25) is 0 Å². The Morgan fingerprint density at radius 3 is 3.12 bits per heavy atom. The summed E-state index contributed by atoms with van der Waals surface area (Å²) < 4.78 is 0. The van der Waals surface area contributed by atoms with E-state index in [1.165, 1.54) is 0 Å². The molecule has 2 N–H and O–H groups in total. The molecule has 1 aromatic carbocycles. The maximum Gasteiger partial charge on any atom is 0.251 e. The second kappa shape index (κ2) is 4.18. The Kier molecular flexibility index (Phi) is 2.72. The van der Waals surface area contributed by atoms with E-state index >= 15 is 0 Å². The number of nitrogens with one attached hydrogen (secondary N) is 2. The molecule has 0 aliphatic carbocycles. The van der Waals surface area contributed by atoms with Crippen LogP contribution in [0.4, 0.5) is 0 Å². The highest BCUT2D eigenvalue weighted by Crippen LogP contribution is 2.12. The molecule has 0 aliphatic heterocycles. The Bertz CT molecular complexity index is 542. The molecule has 2 aromatic rings. The van der Waals surface area contributed by atoms with Crippen molar-refractivity contribution < 1.29 is 4.79 Å². The van der Waals surface area contributed by atoms with Crippen LogP contribution in [0.5, 0.6) is 0 Å². The summed E-state index contributed by atoms with van der Waals surface area (Å²) in [5.41, 5.74) is 2.41. The zero-order valence-corrected chi connectivity index (χ0v) is 9.08. The molecular formula is C12H13N3O. The number of benzene rings is 1. The maximum atomic E-state index is 11.7. The quantitative estimate of drug-likeness (QED) is 0.768. The normalized spacial score (nSPS) is 10.3. The molecule has 0 radical (unpaired) electrons. The van der Waals surface area contributed by atoms with Crippen molar-refractivity contribution in [3.05, 3.63) is 42.1 Å². The molecule has 1 aromatic heterocycles. The van der Waals surface area contributed by atoms with Gasteiger partial charge in [-0.2, -0.15) is 5.10 Å². The highest BCUT2D eigenvalue weighted by atomic mass is 16.1. The van der Waals surface area contributed by atoms with Crippen molar-refractivity contribution in [1.29, 1.82) is 0 Å². The monoisotopic (exact) mass is 215 g/mol. The van der Waals surface area contributed by atoms with E-state index < -0.39 is 0 Å². The number of H-pyrrole nitrogens is 1. The van der Waals surface area contributed by atoms with E-state index in [0.29, 0.717) is 12.1 Å². The van der Waals surface area contributed by atoms with Gasteiger partial charge >= 0.3 is 0 Å². The topological polar surface area (TPSA) is 57.8 Å². The summed E-state index contributed by atoms with van der Waals surface area (Å²) >= 11 is 0. The van der Waals surface area contributed by atoms with Crippen LogP contribution in [0.25, 0.3) is 10.9 Å². The Morgan fingerprint density at radius 1 is 1.56 bits per heavy atom. The molecular weight excluding hydrogens is 202 g/mol. The zero-order chi connectivity index (χ0) is 11.5. The van der Waals surface area contributed by atoms with Gasteiger partial charge < -0.3 is 5.32 Å². The van der Waals surface area contributed by atoms with E-state index in [1.807, 2.05) is 13.0 Å². The molecule has 1 amide bonds. The smallest absolute Gasteiger partial charge is 0.251 e. The van der Waals surface area contributed by atoms with Crippen LogP contribution in [0.2, 0.25) is 0 Å². The SMILES string of the molecule is C=C(C)CNC(=O)c1ccc2cn[nH]c2c1. The van der Waals surface area contributed by atoms with Gasteiger partial charge in [-0.3, -0.25) is 9.89 Å². The van der Waals surface area contributed by atoms with Gasteiger partial charge in [0.05, 0.1) is 11.7 Å². The van der Waals surface area contributed by atoms with Gasteiger partial charge in [0, 0.05) is 17.5 Å². The Labute approximate surface area is 93.4 Å². The maximum absolute atomic E-state index is 11.7. The van der Waals surface area contributed by atoms with Crippen LogP contribution in [-0.2, 0) is 0 Å². The van der Waals surface area contributed by atoms with Gasteiger partial charge in [0.1, 0.15) is 0 Å². The molecule has 4 nitrogen and oxygen atoms in total. The van der Waals surface area contributed by atoms with Crippen molar-refractivity contribution in [3.63, 3.8) is 0 Å². The summed E-state index contributed by atoms with van der Waals surface area (Å²) in [6, 6.07) is 5.44. The van der Waals surface area contributed by atoms with Gasteiger partial charge in [-0.05, 0) is 19.1 Å². The van der Waals surface area contributed by atoms with E-state index in [1.54, 1.807) is 18.3 Å². The average molecular weight is 215 g/mol. The second-order valence-electron chi connectivity index (χ2n) is 3.81. The highest BCUT2D eigenvalue weighted by Gasteiger charge is 2.06. The van der Waals surface area contributed by atoms with Crippen molar-refractivity contribution in [1.82, 2.24) is 15.5 Å². The molecule has 0 unspecified atom stereocenters. The number of carbonyl (C=O) groups is 1. The molecule has 1 heterocycles. The zero-order valence-electron chi connectivity index (χ0n) is 9.08. The predicted octanol–water partition coefficient (Wildman–Crippen LogP) is 1.87. The van der Waals surface area contributed by atoms with Crippen LogP contribution >= 0.6 is 0 Å². The lowest BCUT2D eigenvalue weighted by Gasteiger charge is -2.04. The molecule has 0 saturated heterocycles. The summed E-state index contributed by atoms with van der Waals surface area (Å²) in [6.07, 6.45) is 1.73. The molecule has 0 bridgehead atoms. The first-order valence-electron chi connectivity index (χ1n) is 5.02. The summed E-state index contributed by atoms with van der Waals surface area (Å²) in [4.78, 5) is 11.7. The summed E-state index contributed by atoms with van der Waals surface area (Å²) in [5, 5.41) is 10.5. The number of hydrogen-bond donors (Lipinski definition) is 2. The van der Waals surface area contributed by atoms with Crippen LogP contribution in [0.1, 0.15) is 17.3 Å². The lowest BCUT2D eigenvalue weighted by Crippen LogP contribution is -2.24. The third-order valence-electron chi connectivity index (χ3n) is 2.25. The summed E-state index contributed by atoms with van der Waals surface area (Å²) in [5.74, 6) is -0.0977. The third-order valence-corrected chi connectivity index (χ3v) is 2.25. The first kappa shape index (κ1) is 10.4. The molecule has 0 saturated carbocycles. The summed E-state index contributed by atoms with van der Waals surface area (Å²) in [7, 11) is 0. The molecule has 0 fully saturated rings. The van der Waals surface area contributed by atoms with Crippen molar-refractivity contribution >= 4 is 16.8 Å². The van der Waals surface area contributed by atoms with Crippen molar-refractivity contribution in [3.8, 4) is 0 Å². The number of carbonyl (C=O) groups excluding carboxylic acids is 1. The Balaban J connectivity index is 2.19.